The fraction of sp³-hybridized carbons (Fsp3) is 0.250. The van der Waals surface area contributed by atoms with Crippen molar-refractivity contribution in [3.63, 3.8) is 0 Å². The van der Waals surface area contributed by atoms with Crippen LogP contribution in [-0.4, -0.2) is 33.4 Å². The van der Waals surface area contributed by atoms with E-state index in [9.17, 15) is 9.50 Å². The first-order chi connectivity index (χ1) is 11.9. The van der Waals surface area contributed by atoms with Crippen molar-refractivity contribution < 1.29 is 36.0 Å². The number of nitrogens with zero attached hydrogens (tertiary/aromatic N) is 1. The van der Waals surface area contributed by atoms with Crippen molar-refractivity contribution >= 4 is 43.5 Å². The van der Waals surface area contributed by atoms with Crippen LogP contribution in [0, 0.1) is 5.82 Å². The molecule has 4 nitrogen and oxygen atoms in total. The van der Waals surface area contributed by atoms with Gasteiger partial charge in [0.2, 0.25) is 0 Å². The van der Waals surface area contributed by atoms with E-state index in [2.05, 4.69) is 0 Å². The van der Waals surface area contributed by atoms with Gasteiger partial charge in [-0.2, -0.15) is 0 Å². The SMILES string of the molecule is COc1cc(OC)c(O)c(Pc2ccc(F)cc2N(C)C)c1.[Cl][Ti][Cl]. The third-order valence-corrected chi connectivity index (χ3v) is 4.56. The first kappa shape index (κ1) is 22.3. The summed E-state index contributed by atoms with van der Waals surface area (Å²) < 4.78 is 23.8. The zero-order valence-electron chi connectivity index (χ0n) is 14.2. The van der Waals surface area contributed by atoms with Gasteiger partial charge in [0.15, 0.2) is 11.5 Å². The predicted octanol–water partition coefficient (Wildman–Crippen LogP) is 3.62. The zero-order valence-corrected chi connectivity index (χ0v) is 18.3. The molecule has 0 amide bonds. The van der Waals surface area contributed by atoms with Crippen LogP contribution in [0.15, 0.2) is 30.3 Å². The van der Waals surface area contributed by atoms with E-state index in [1.165, 1.54) is 19.2 Å². The van der Waals surface area contributed by atoms with Crippen LogP contribution in [-0.2, 0) is 17.0 Å². The van der Waals surface area contributed by atoms with Crippen molar-refractivity contribution in [2.24, 2.45) is 0 Å². The summed E-state index contributed by atoms with van der Waals surface area (Å²) in [5.41, 5.74) is 0.777. The number of anilines is 1. The number of aromatic hydroxyl groups is 1. The summed E-state index contributed by atoms with van der Waals surface area (Å²) in [5.74, 6) is 0.751. The van der Waals surface area contributed by atoms with E-state index in [1.807, 2.05) is 19.0 Å². The van der Waals surface area contributed by atoms with Crippen molar-refractivity contribution in [2.45, 2.75) is 0 Å². The average molecular weight is 442 g/mol. The van der Waals surface area contributed by atoms with Crippen LogP contribution in [0.5, 0.6) is 17.2 Å². The van der Waals surface area contributed by atoms with Crippen molar-refractivity contribution in [3.05, 3.63) is 36.1 Å². The molecule has 0 bridgehead atoms. The van der Waals surface area contributed by atoms with Crippen LogP contribution in [0.3, 0.4) is 0 Å². The molecule has 0 aliphatic rings. The van der Waals surface area contributed by atoms with Gasteiger partial charge >= 0.3 is 35.6 Å². The van der Waals surface area contributed by atoms with Crippen LogP contribution in [0.4, 0.5) is 10.1 Å². The number of ether oxygens (including phenoxy) is 2. The molecule has 2 aromatic carbocycles. The average Bonchev–Trinajstić information content (AvgIpc) is 2.58. The van der Waals surface area contributed by atoms with E-state index in [4.69, 9.17) is 28.1 Å². The summed E-state index contributed by atoms with van der Waals surface area (Å²) in [6, 6.07) is 8.02. The molecule has 0 aliphatic carbocycles. The number of benzene rings is 2. The molecule has 0 aliphatic heterocycles. The van der Waals surface area contributed by atoms with Crippen LogP contribution >= 0.6 is 27.2 Å². The third kappa shape index (κ3) is 6.51. The van der Waals surface area contributed by atoms with Crippen molar-refractivity contribution in [2.75, 3.05) is 33.2 Å². The van der Waals surface area contributed by atoms with Gasteiger partial charge in [-0.05, 0) is 24.3 Å². The van der Waals surface area contributed by atoms with E-state index < -0.39 is 17.0 Å². The predicted molar refractivity (Wildman–Crippen MR) is 101 cm³/mol. The molecule has 0 aromatic heterocycles. The molecule has 0 radical (unpaired) electrons. The zero-order chi connectivity index (χ0) is 19.0. The minimum atomic E-state index is -0.556. The summed E-state index contributed by atoms with van der Waals surface area (Å²) in [6.07, 6.45) is 0. The Morgan fingerprint density at radius 2 is 1.72 bits per heavy atom. The van der Waals surface area contributed by atoms with E-state index >= 15 is 0 Å². The van der Waals surface area contributed by atoms with Crippen LogP contribution < -0.4 is 25.0 Å². The second kappa shape index (κ2) is 11.1. The van der Waals surface area contributed by atoms with Gasteiger partial charge in [0, 0.05) is 36.5 Å². The normalized spacial score (nSPS) is 10.2. The Kier molecular flexibility index (Phi) is 9.92. The van der Waals surface area contributed by atoms with Crippen LogP contribution in [0.2, 0.25) is 0 Å². The molecule has 25 heavy (non-hydrogen) atoms. The van der Waals surface area contributed by atoms with E-state index in [0.29, 0.717) is 16.8 Å². The Bertz CT molecular complexity index is 707. The van der Waals surface area contributed by atoms with E-state index in [1.54, 1.807) is 25.3 Å². The number of phenols is 1. The monoisotopic (exact) mass is 441 g/mol. The van der Waals surface area contributed by atoms with Gasteiger partial charge < -0.3 is 19.5 Å². The molecule has 2 aromatic rings. The van der Waals surface area contributed by atoms with Gasteiger partial charge in [-0.15, -0.1) is 0 Å². The van der Waals surface area contributed by atoms with Gasteiger partial charge in [0.05, 0.1) is 14.2 Å². The number of hydrogen-bond donors (Lipinski definition) is 1. The van der Waals surface area contributed by atoms with Crippen molar-refractivity contribution in [1.82, 2.24) is 0 Å². The van der Waals surface area contributed by atoms with Gasteiger partial charge in [0.25, 0.3) is 0 Å². The van der Waals surface area contributed by atoms with E-state index in [-0.39, 0.29) is 20.1 Å². The summed E-state index contributed by atoms with van der Waals surface area (Å²) in [7, 11) is 16.7. The Hall–Kier alpha value is -0.706. The van der Waals surface area contributed by atoms with E-state index in [0.717, 1.165) is 11.0 Å². The maximum atomic E-state index is 13.5. The topological polar surface area (TPSA) is 41.9 Å². The summed E-state index contributed by atoms with van der Waals surface area (Å²) in [4.78, 5) is 1.85. The molecule has 136 valence electrons. The molecule has 0 saturated heterocycles. The second-order valence-corrected chi connectivity index (χ2v) is 8.88. The van der Waals surface area contributed by atoms with Crippen molar-refractivity contribution in [1.29, 1.82) is 0 Å². The number of rotatable bonds is 5. The quantitative estimate of drug-likeness (QED) is 0.568. The Morgan fingerprint density at radius 3 is 2.24 bits per heavy atom. The van der Waals surface area contributed by atoms with Crippen LogP contribution in [0.25, 0.3) is 0 Å². The Labute approximate surface area is 165 Å². The molecule has 1 unspecified atom stereocenters. The Morgan fingerprint density at radius 1 is 1.08 bits per heavy atom. The molecular formula is C16H19Cl2FNO3PTi. The molecule has 0 spiro atoms. The fourth-order valence-corrected chi connectivity index (χ4v) is 3.41. The molecule has 0 heterocycles. The maximum absolute atomic E-state index is 13.5. The van der Waals surface area contributed by atoms with Gasteiger partial charge in [-0.25, -0.2) is 4.39 Å². The molecule has 9 heteroatoms. The van der Waals surface area contributed by atoms with Gasteiger partial charge in [0.1, 0.15) is 11.6 Å². The number of methoxy groups -OCH3 is 2. The summed E-state index contributed by atoms with van der Waals surface area (Å²) in [5, 5.41) is 11.9. The number of halogens is 3. The molecular weight excluding hydrogens is 423 g/mol. The fourth-order valence-electron chi connectivity index (χ4n) is 2.08. The summed E-state index contributed by atoms with van der Waals surface area (Å²) >= 11 is -0.556. The standard InChI is InChI=1S/C16H19FNO3P.2ClH.Ti/c1-18(2)12-7-10(17)5-6-14(12)22-15-9-11(20-3)8-13(21-4)16(15)19;;;/h5-9,19,22H,1-4H3;2*1H;/q;;;+2/p-2. The number of phenolic OH excluding ortho intramolecular Hbond substituents is 1. The molecule has 2 rings (SSSR count). The van der Waals surface area contributed by atoms with Crippen LogP contribution in [0.1, 0.15) is 0 Å². The summed E-state index contributed by atoms with van der Waals surface area (Å²) in [6.45, 7) is 0. The Balaban J connectivity index is 0.000000970. The second-order valence-electron chi connectivity index (χ2n) is 4.98. The van der Waals surface area contributed by atoms with Gasteiger partial charge in [-0.1, -0.05) is 8.58 Å². The third-order valence-electron chi connectivity index (χ3n) is 3.22. The minimum absolute atomic E-state index is 0.0793. The number of hydrogen-bond acceptors (Lipinski definition) is 4. The van der Waals surface area contributed by atoms with Crippen molar-refractivity contribution in [3.8, 4) is 17.2 Å². The molecule has 1 atom stereocenters. The molecule has 0 fully saturated rings. The first-order valence-corrected chi connectivity index (χ1v) is 12.3. The molecule has 0 saturated carbocycles. The van der Waals surface area contributed by atoms with Gasteiger partial charge in [-0.3, -0.25) is 0 Å². The molecule has 1 N–H and O–H groups in total. The first-order valence-electron chi connectivity index (χ1n) is 7.03.